The number of hydrogen-bond acceptors (Lipinski definition) is 2. The van der Waals surface area contributed by atoms with Crippen LogP contribution in [0.1, 0.15) is 58.4 Å². The van der Waals surface area contributed by atoms with Crippen LogP contribution < -0.4 is 10.5 Å². The summed E-state index contributed by atoms with van der Waals surface area (Å²) in [7, 11) is 0. The molecule has 2 heteroatoms. The molecule has 108 valence electrons. The molecule has 0 spiro atoms. The van der Waals surface area contributed by atoms with Gasteiger partial charge in [0.2, 0.25) is 0 Å². The van der Waals surface area contributed by atoms with Crippen LogP contribution in [0.2, 0.25) is 0 Å². The molecule has 0 saturated heterocycles. The summed E-state index contributed by atoms with van der Waals surface area (Å²) >= 11 is 0. The minimum Gasteiger partial charge on any atom is -0.493 e. The maximum atomic E-state index is 5.96. The molecule has 0 saturated carbocycles. The van der Waals surface area contributed by atoms with Gasteiger partial charge in [0.25, 0.3) is 0 Å². The summed E-state index contributed by atoms with van der Waals surface area (Å²) in [5.41, 5.74) is 7.22. The van der Waals surface area contributed by atoms with Gasteiger partial charge in [0, 0.05) is 6.04 Å². The highest BCUT2D eigenvalue weighted by Gasteiger charge is 2.15. The number of rotatable bonds is 8. The molecule has 0 aliphatic heterocycles. The van der Waals surface area contributed by atoms with Gasteiger partial charge < -0.3 is 10.5 Å². The van der Waals surface area contributed by atoms with E-state index in [9.17, 15) is 0 Å². The van der Waals surface area contributed by atoms with Crippen LogP contribution in [-0.2, 0) is 0 Å². The van der Waals surface area contributed by atoms with Gasteiger partial charge in [-0.15, -0.1) is 0 Å². The monoisotopic (exact) mass is 263 g/mol. The second-order valence-electron chi connectivity index (χ2n) is 5.90. The zero-order chi connectivity index (χ0) is 14.3. The molecule has 0 heterocycles. The smallest absolute Gasteiger partial charge is 0.122 e. The average Bonchev–Trinajstić information content (AvgIpc) is 2.37. The molecule has 2 atom stereocenters. The van der Waals surface area contributed by atoms with Gasteiger partial charge >= 0.3 is 0 Å². The van der Waals surface area contributed by atoms with Gasteiger partial charge in [-0.05, 0) is 49.7 Å². The molecule has 0 bridgehead atoms. The van der Waals surface area contributed by atoms with Gasteiger partial charge in [-0.3, -0.25) is 0 Å². The number of benzene rings is 1. The molecule has 1 aromatic rings. The summed E-state index contributed by atoms with van der Waals surface area (Å²) in [6, 6.07) is 8.72. The maximum absolute atomic E-state index is 5.96. The van der Waals surface area contributed by atoms with Crippen molar-refractivity contribution in [1.82, 2.24) is 0 Å². The van der Waals surface area contributed by atoms with Crippen molar-refractivity contribution in [2.24, 2.45) is 11.7 Å². The molecule has 1 aromatic carbocycles. The van der Waals surface area contributed by atoms with Crippen LogP contribution in [0.25, 0.3) is 0 Å². The molecule has 0 aliphatic rings. The van der Waals surface area contributed by atoms with Gasteiger partial charge in [-0.2, -0.15) is 0 Å². The Labute approximate surface area is 118 Å². The summed E-state index contributed by atoms with van der Waals surface area (Å²) in [6.07, 6.45) is 3.34. The van der Waals surface area contributed by atoms with Crippen molar-refractivity contribution < 1.29 is 4.74 Å². The van der Waals surface area contributed by atoms with Crippen molar-refractivity contribution >= 4 is 0 Å². The Bertz CT molecular complexity index is 360. The molecule has 0 amide bonds. The topological polar surface area (TPSA) is 35.2 Å². The van der Waals surface area contributed by atoms with Gasteiger partial charge in [0.1, 0.15) is 5.75 Å². The second kappa shape index (κ2) is 8.21. The van der Waals surface area contributed by atoms with Gasteiger partial charge in [0.05, 0.1) is 6.61 Å². The van der Waals surface area contributed by atoms with Crippen molar-refractivity contribution in [2.75, 3.05) is 6.61 Å². The Kier molecular flexibility index (Phi) is 6.93. The molecular formula is C17H29NO. The van der Waals surface area contributed by atoms with E-state index in [1.165, 1.54) is 5.56 Å². The summed E-state index contributed by atoms with van der Waals surface area (Å²) in [6.45, 7) is 9.45. The van der Waals surface area contributed by atoms with Crippen molar-refractivity contribution in [2.45, 2.75) is 58.9 Å². The third-order valence-corrected chi connectivity index (χ3v) is 3.39. The Balaban J connectivity index is 2.77. The first-order valence-electron chi connectivity index (χ1n) is 7.51. The number of ether oxygens (including phenoxy) is 1. The van der Waals surface area contributed by atoms with Crippen molar-refractivity contribution in [3.05, 3.63) is 29.8 Å². The lowest BCUT2D eigenvalue weighted by Gasteiger charge is -2.20. The fourth-order valence-electron chi connectivity index (χ4n) is 2.25. The molecule has 19 heavy (non-hydrogen) atoms. The molecule has 2 N–H and O–H groups in total. The van der Waals surface area contributed by atoms with E-state index in [1.54, 1.807) is 0 Å². The van der Waals surface area contributed by atoms with Crippen LogP contribution in [-0.4, -0.2) is 12.6 Å². The van der Waals surface area contributed by atoms with Gasteiger partial charge in [-0.1, -0.05) is 39.0 Å². The standard InChI is InChI=1S/C17H29NO/c1-5-15(11-10-14(4)18)16-8-6-7-9-17(16)19-12-13(2)3/h6-9,13-15H,5,10-12,18H2,1-4H3. The lowest BCUT2D eigenvalue weighted by atomic mass is 9.90. The third-order valence-electron chi connectivity index (χ3n) is 3.39. The Hall–Kier alpha value is -1.02. The first-order chi connectivity index (χ1) is 9.04. The maximum Gasteiger partial charge on any atom is 0.122 e. The molecule has 0 aliphatic carbocycles. The van der Waals surface area contributed by atoms with Crippen molar-refractivity contribution in [1.29, 1.82) is 0 Å². The Morgan fingerprint density at radius 3 is 2.37 bits per heavy atom. The Morgan fingerprint density at radius 2 is 1.79 bits per heavy atom. The van der Waals surface area contributed by atoms with Crippen LogP contribution in [0.3, 0.4) is 0 Å². The highest BCUT2D eigenvalue weighted by Crippen LogP contribution is 2.32. The lowest BCUT2D eigenvalue weighted by molar-refractivity contribution is 0.266. The normalized spacial score (nSPS) is 14.4. The van der Waals surface area contributed by atoms with Gasteiger partial charge in [-0.25, -0.2) is 0 Å². The molecule has 1 rings (SSSR count). The molecule has 0 aromatic heterocycles. The minimum atomic E-state index is 0.276. The van der Waals surface area contributed by atoms with E-state index in [-0.39, 0.29) is 6.04 Å². The summed E-state index contributed by atoms with van der Waals surface area (Å²) < 4.78 is 5.96. The molecular weight excluding hydrogens is 234 g/mol. The first-order valence-corrected chi connectivity index (χ1v) is 7.51. The fraction of sp³-hybridized carbons (Fsp3) is 0.647. The minimum absolute atomic E-state index is 0.276. The van der Waals surface area contributed by atoms with Crippen LogP contribution in [0, 0.1) is 5.92 Å². The number of hydrogen-bond donors (Lipinski definition) is 1. The zero-order valence-electron chi connectivity index (χ0n) is 12.9. The second-order valence-corrected chi connectivity index (χ2v) is 5.90. The predicted molar refractivity (Wildman–Crippen MR) is 82.7 cm³/mol. The molecule has 0 fully saturated rings. The molecule has 2 unspecified atom stereocenters. The predicted octanol–water partition coefficient (Wildman–Crippen LogP) is 4.34. The van der Waals surface area contributed by atoms with E-state index in [0.29, 0.717) is 11.8 Å². The summed E-state index contributed by atoms with van der Waals surface area (Å²) in [4.78, 5) is 0. The van der Waals surface area contributed by atoms with E-state index in [4.69, 9.17) is 10.5 Å². The summed E-state index contributed by atoms with van der Waals surface area (Å²) in [5.74, 6) is 2.15. The SMILES string of the molecule is CCC(CCC(C)N)c1ccccc1OCC(C)C. The van der Waals surface area contributed by atoms with E-state index in [1.807, 2.05) is 0 Å². The lowest BCUT2D eigenvalue weighted by Crippen LogP contribution is -2.16. The van der Waals surface area contributed by atoms with Gasteiger partial charge in [0.15, 0.2) is 0 Å². The van der Waals surface area contributed by atoms with Crippen LogP contribution in [0.4, 0.5) is 0 Å². The van der Waals surface area contributed by atoms with Crippen LogP contribution >= 0.6 is 0 Å². The summed E-state index contributed by atoms with van der Waals surface area (Å²) in [5, 5.41) is 0. The van der Waals surface area contributed by atoms with E-state index < -0.39 is 0 Å². The largest absolute Gasteiger partial charge is 0.493 e. The first kappa shape index (κ1) is 16.0. The van der Waals surface area contributed by atoms with E-state index >= 15 is 0 Å². The highest BCUT2D eigenvalue weighted by atomic mass is 16.5. The highest BCUT2D eigenvalue weighted by molar-refractivity contribution is 5.36. The fourth-order valence-corrected chi connectivity index (χ4v) is 2.25. The quantitative estimate of drug-likeness (QED) is 0.757. The number of para-hydroxylation sites is 1. The van der Waals surface area contributed by atoms with Crippen LogP contribution in [0.15, 0.2) is 24.3 Å². The van der Waals surface area contributed by atoms with E-state index in [0.717, 1.165) is 31.6 Å². The molecule has 2 nitrogen and oxygen atoms in total. The Morgan fingerprint density at radius 1 is 1.11 bits per heavy atom. The van der Waals surface area contributed by atoms with Crippen molar-refractivity contribution in [3.63, 3.8) is 0 Å². The zero-order valence-corrected chi connectivity index (χ0v) is 12.9. The van der Waals surface area contributed by atoms with Crippen molar-refractivity contribution in [3.8, 4) is 5.75 Å². The number of nitrogens with two attached hydrogens (primary N) is 1. The van der Waals surface area contributed by atoms with Crippen LogP contribution in [0.5, 0.6) is 5.75 Å². The molecule has 0 radical (unpaired) electrons. The average molecular weight is 263 g/mol. The third kappa shape index (κ3) is 5.65. The van der Waals surface area contributed by atoms with E-state index in [2.05, 4.69) is 52.0 Å².